The number of aliphatic hydroxyl groups excluding tert-OH is 1. The summed E-state index contributed by atoms with van der Waals surface area (Å²) in [5.41, 5.74) is 2.03. The lowest BCUT2D eigenvalue weighted by Crippen LogP contribution is -2.29. The summed E-state index contributed by atoms with van der Waals surface area (Å²) in [5, 5.41) is 10.0. The highest BCUT2D eigenvalue weighted by Crippen LogP contribution is 2.30. The van der Waals surface area contributed by atoms with E-state index in [1.165, 1.54) is 25.7 Å². The molecule has 16 heavy (non-hydrogen) atoms. The summed E-state index contributed by atoms with van der Waals surface area (Å²) in [6.07, 6.45) is 5.14. The van der Waals surface area contributed by atoms with Gasteiger partial charge in [0.1, 0.15) is 0 Å². The van der Waals surface area contributed by atoms with E-state index in [1.807, 2.05) is 18.2 Å². The molecule has 88 valence electrons. The van der Waals surface area contributed by atoms with Gasteiger partial charge in [0.25, 0.3) is 0 Å². The van der Waals surface area contributed by atoms with E-state index >= 15 is 0 Å². The number of halogens is 1. The SMILES string of the molecule is CN(c1ccc(Cl)cc1CO)C1CCCC1. The maximum absolute atomic E-state index is 9.35. The van der Waals surface area contributed by atoms with Crippen LogP contribution in [-0.2, 0) is 6.61 Å². The number of aliphatic hydroxyl groups is 1. The molecule has 0 unspecified atom stereocenters. The zero-order valence-corrected chi connectivity index (χ0v) is 10.4. The molecule has 0 saturated heterocycles. The first-order valence-electron chi connectivity index (χ1n) is 5.84. The molecule has 0 aromatic heterocycles. The van der Waals surface area contributed by atoms with Crippen LogP contribution in [0.3, 0.4) is 0 Å². The fourth-order valence-corrected chi connectivity index (χ4v) is 2.71. The molecule has 0 spiro atoms. The Balaban J connectivity index is 2.24. The second-order valence-corrected chi connectivity index (χ2v) is 4.92. The summed E-state index contributed by atoms with van der Waals surface area (Å²) in [5.74, 6) is 0. The van der Waals surface area contributed by atoms with Gasteiger partial charge < -0.3 is 10.0 Å². The summed E-state index contributed by atoms with van der Waals surface area (Å²) >= 11 is 5.93. The molecule has 0 aliphatic heterocycles. The smallest absolute Gasteiger partial charge is 0.0702 e. The van der Waals surface area contributed by atoms with Gasteiger partial charge >= 0.3 is 0 Å². The van der Waals surface area contributed by atoms with Crippen LogP contribution in [0.5, 0.6) is 0 Å². The first kappa shape index (κ1) is 11.7. The molecule has 1 aliphatic rings. The molecule has 2 nitrogen and oxygen atoms in total. The van der Waals surface area contributed by atoms with E-state index in [4.69, 9.17) is 11.6 Å². The largest absolute Gasteiger partial charge is 0.392 e. The van der Waals surface area contributed by atoms with Gasteiger partial charge in [-0.1, -0.05) is 24.4 Å². The Kier molecular flexibility index (Phi) is 3.72. The zero-order valence-electron chi connectivity index (χ0n) is 9.62. The Morgan fingerprint density at radius 2 is 2.06 bits per heavy atom. The quantitative estimate of drug-likeness (QED) is 0.876. The standard InChI is InChI=1S/C13H18ClNO/c1-15(12-4-2-3-5-12)13-7-6-11(14)8-10(13)9-16/h6-8,12,16H,2-5,9H2,1H3. The fourth-order valence-electron chi connectivity index (χ4n) is 2.51. The van der Waals surface area contributed by atoms with Gasteiger partial charge in [0.2, 0.25) is 0 Å². The molecule has 1 saturated carbocycles. The molecular weight excluding hydrogens is 222 g/mol. The first-order chi connectivity index (χ1) is 7.72. The maximum Gasteiger partial charge on any atom is 0.0702 e. The van der Waals surface area contributed by atoms with Crippen LogP contribution in [0.2, 0.25) is 5.02 Å². The number of hydrogen-bond donors (Lipinski definition) is 1. The Morgan fingerprint density at radius 1 is 1.38 bits per heavy atom. The van der Waals surface area contributed by atoms with Crippen molar-refractivity contribution in [2.24, 2.45) is 0 Å². The van der Waals surface area contributed by atoms with Crippen molar-refractivity contribution in [1.82, 2.24) is 0 Å². The third kappa shape index (κ3) is 2.33. The summed E-state index contributed by atoms with van der Waals surface area (Å²) in [6.45, 7) is 0.0486. The van der Waals surface area contributed by atoms with Crippen molar-refractivity contribution in [2.45, 2.75) is 38.3 Å². The summed E-state index contributed by atoms with van der Waals surface area (Å²) in [7, 11) is 2.11. The van der Waals surface area contributed by atoms with Crippen LogP contribution in [0.1, 0.15) is 31.2 Å². The van der Waals surface area contributed by atoms with E-state index in [0.717, 1.165) is 11.3 Å². The number of nitrogens with zero attached hydrogens (tertiary/aromatic N) is 1. The van der Waals surface area contributed by atoms with Gasteiger partial charge in [-0.05, 0) is 31.0 Å². The van der Waals surface area contributed by atoms with Gasteiger partial charge in [-0.25, -0.2) is 0 Å². The van der Waals surface area contributed by atoms with E-state index in [2.05, 4.69) is 11.9 Å². The number of rotatable bonds is 3. The van der Waals surface area contributed by atoms with Crippen LogP contribution < -0.4 is 4.90 Å². The van der Waals surface area contributed by atoms with Crippen LogP contribution in [-0.4, -0.2) is 18.2 Å². The number of anilines is 1. The van der Waals surface area contributed by atoms with Crippen LogP contribution in [0.4, 0.5) is 5.69 Å². The van der Waals surface area contributed by atoms with Gasteiger partial charge in [-0.3, -0.25) is 0 Å². The van der Waals surface area contributed by atoms with Crippen LogP contribution in [0.15, 0.2) is 18.2 Å². The molecule has 0 amide bonds. The molecule has 0 atom stereocenters. The lowest BCUT2D eigenvalue weighted by Gasteiger charge is -2.28. The van der Waals surface area contributed by atoms with E-state index < -0.39 is 0 Å². The first-order valence-corrected chi connectivity index (χ1v) is 6.22. The van der Waals surface area contributed by atoms with Crippen molar-refractivity contribution in [1.29, 1.82) is 0 Å². The minimum Gasteiger partial charge on any atom is -0.392 e. The van der Waals surface area contributed by atoms with E-state index in [1.54, 1.807) is 0 Å². The van der Waals surface area contributed by atoms with Crippen molar-refractivity contribution in [2.75, 3.05) is 11.9 Å². The number of benzene rings is 1. The minimum atomic E-state index is 0.0486. The molecule has 1 aliphatic carbocycles. The van der Waals surface area contributed by atoms with Gasteiger partial charge in [0.05, 0.1) is 6.61 Å². The molecule has 2 rings (SSSR count). The van der Waals surface area contributed by atoms with Crippen molar-refractivity contribution in [3.8, 4) is 0 Å². The average Bonchev–Trinajstić information content (AvgIpc) is 2.81. The Bertz CT molecular complexity index is 361. The van der Waals surface area contributed by atoms with Crippen LogP contribution in [0.25, 0.3) is 0 Å². The lowest BCUT2D eigenvalue weighted by molar-refractivity contribution is 0.282. The molecule has 3 heteroatoms. The van der Waals surface area contributed by atoms with Crippen LogP contribution >= 0.6 is 11.6 Å². The normalized spacial score (nSPS) is 16.7. The molecule has 1 aromatic rings. The highest BCUT2D eigenvalue weighted by Gasteiger charge is 2.21. The van der Waals surface area contributed by atoms with Crippen LogP contribution in [0, 0.1) is 0 Å². The molecule has 0 bridgehead atoms. The van der Waals surface area contributed by atoms with Crippen molar-refractivity contribution in [3.05, 3.63) is 28.8 Å². The van der Waals surface area contributed by atoms with Crippen molar-refractivity contribution < 1.29 is 5.11 Å². The summed E-state index contributed by atoms with van der Waals surface area (Å²) in [6, 6.07) is 6.36. The monoisotopic (exact) mass is 239 g/mol. The molecular formula is C13H18ClNO. The Labute approximate surface area is 102 Å². The summed E-state index contributed by atoms with van der Waals surface area (Å²) in [4.78, 5) is 2.29. The predicted molar refractivity (Wildman–Crippen MR) is 68.0 cm³/mol. The fraction of sp³-hybridized carbons (Fsp3) is 0.538. The maximum atomic E-state index is 9.35. The second-order valence-electron chi connectivity index (χ2n) is 4.48. The molecule has 0 heterocycles. The van der Waals surface area contributed by atoms with Crippen molar-refractivity contribution in [3.63, 3.8) is 0 Å². The molecule has 1 aromatic carbocycles. The van der Waals surface area contributed by atoms with Gasteiger partial charge in [0.15, 0.2) is 0 Å². The third-order valence-electron chi connectivity index (χ3n) is 3.46. The topological polar surface area (TPSA) is 23.5 Å². The van der Waals surface area contributed by atoms with Crippen molar-refractivity contribution >= 4 is 17.3 Å². The second kappa shape index (κ2) is 5.07. The van der Waals surface area contributed by atoms with E-state index in [0.29, 0.717) is 11.1 Å². The summed E-state index contributed by atoms with van der Waals surface area (Å²) < 4.78 is 0. The van der Waals surface area contributed by atoms with E-state index in [9.17, 15) is 5.11 Å². The highest BCUT2D eigenvalue weighted by atomic mass is 35.5. The predicted octanol–water partition coefficient (Wildman–Crippen LogP) is 3.21. The lowest BCUT2D eigenvalue weighted by atomic mass is 10.1. The molecule has 0 radical (unpaired) electrons. The minimum absolute atomic E-state index is 0.0486. The molecule has 1 N–H and O–H groups in total. The van der Waals surface area contributed by atoms with E-state index in [-0.39, 0.29) is 6.61 Å². The Morgan fingerprint density at radius 3 is 2.69 bits per heavy atom. The highest BCUT2D eigenvalue weighted by molar-refractivity contribution is 6.30. The molecule has 1 fully saturated rings. The van der Waals surface area contributed by atoms with Gasteiger partial charge in [-0.2, -0.15) is 0 Å². The number of hydrogen-bond acceptors (Lipinski definition) is 2. The van der Waals surface area contributed by atoms with Gasteiger partial charge in [0, 0.05) is 29.4 Å². The Hall–Kier alpha value is -0.730. The third-order valence-corrected chi connectivity index (χ3v) is 3.70. The average molecular weight is 240 g/mol. The van der Waals surface area contributed by atoms with Gasteiger partial charge in [-0.15, -0.1) is 0 Å². The zero-order chi connectivity index (χ0) is 11.5.